The van der Waals surface area contributed by atoms with Crippen molar-refractivity contribution in [2.24, 2.45) is 22.6 Å². The lowest BCUT2D eigenvalue weighted by Crippen LogP contribution is -2.32. The lowest BCUT2D eigenvalue weighted by Gasteiger charge is -2.31. The molecule has 0 aliphatic carbocycles. The van der Waals surface area contributed by atoms with Gasteiger partial charge in [-0.1, -0.05) is 13.8 Å². The molecule has 0 spiro atoms. The van der Waals surface area contributed by atoms with E-state index < -0.39 is 11.6 Å². The van der Waals surface area contributed by atoms with Gasteiger partial charge in [0.15, 0.2) is 5.96 Å². The molecule has 0 aromatic heterocycles. The van der Waals surface area contributed by atoms with Crippen LogP contribution >= 0.6 is 0 Å². The van der Waals surface area contributed by atoms with Gasteiger partial charge >= 0.3 is 0 Å². The predicted octanol–water partition coefficient (Wildman–Crippen LogP) is 3.14. The number of halogens is 2. The summed E-state index contributed by atoms with van der Waals surface area (Å²) in [5.74, 6) is -0.119. The van der Waals surface area contributed by atoms with Gasteiger partial charge in [-0.2, -0.15) is 0 Å². The van der Waals surface area contributed by atoms with Crippen LogP contribution in [0.5, 0.6) is 0 Å². The minimum atomic E-state index is -0.564. The maximum atomic E-state index is 13.5. The van der Waals surface area contributed by atoms with E-state index in [1.54, 1.807) is 0 Å². The van der Waals surface area contributed by atoms with Crippen LogP contribution in [0.2, 0.25) is 0 Å². The first-order valence-electron chi connectivity index (χ1n) is 7.59. The van der Waals surface area contributed by atoms with Gasteiger partial charge in [0.1, 0.15) is 11.6 Å². The number of benzene rings is 1. The van der Waals surface area contributed by atoms with Gasteiger partial charge in [-0.15, -0.1) is 0 Å². The molecule has 1 heterocycles. The largest absolute Gasteiger partial charge is 0.378 e. The topological polar surface area (TPSA) is 59.6 Å². The maximum Gasteiger partial charge on any atom is 0.193 e. The summed E-state index contributed by atoms with van der Waals surface area (Å²) in [6.07, 6.45) is 2.14. The maximum absolute atomic E-state index is 13.5. The van der Waals surface area contributed by atoms with Gasteiger partial charge in [-0.3, -0.25) is 4.99 Å². The van der Waals surface area contributed by atoms with Gasteiger partial charge in [-0.05, 0) is 36.8 Å². The summed E-state index contributed by atoms with van der Waals surface area (Å²) in [4.78, 5) is 4.25. The van der Waals surface area contributed by atoms with Crippen LogP contribution in [-0.2, 0) is 4.74 Å². The Morgan fingerprint density at radius 2 is 2.23 bits per heavy atom. The molecule has 6 heteroatoms. The number of nitrogens with one attached hydrogen (secondary N) is 1. The molecular weight excluding hydrogens is 288 g/mol. The quantitative estimate of drug-likeness (QED) is 0.663. The molecule has 0 amide bonds. The first kappa shape index (κ1) is 16.7. The molecule has 2 rings (SSSR count). The molecule has 0 radical (unpaired) electrons. The molecule has 1 aliphatic rings. The second-order valence-electron chi connectivity index (χ2n) is 6.02. The van der Waals surface area contributed by atoms with Crippen molar-refractivity contribution in [1.82, 2.24) is 0 Å². The number of nitrogens with two attached hydrogens (primary N) is 1. The normalized spacial score (nSPS) is 22.9. The Morgan fingerprint density at radius 1 is 1.45 bits per heavy atom. The molecule has 1 fully saturated rings. The molecule has 2 unspecified atom stereocenters. The Kier molecular flexibility index (Phi) is 5.71. The van der Waals surface area contributed by atoms with Gasteiger partial charge in [0.2, 0.25) is 0 Å². The fourth-order valence-corrected chi connectivity index (χ4v) is 2.53. The third-order valence-electron chi connectivity index (χ3n) is 3.88. The van der Waals surface area contributed by atoms with Crippen LogP contribution in [0, 0.1) is 23.5 Å². The third-order valence-corrected chi connectivity index (χ3v) is 3.88. The zero-order valence-corrected chi connectivity index (χ0v) is 13.0. The van der Waals surface area contributed by atoms with Gasteiger partial charge in [0.25, 0.3) is 0 Å². The number of aliphatic imine (C=N–C) groups is 1. The van der Waals surface area contributed by atoms with Crippen molar-refractivity contribution in [3.8, 4) is 0 Å². The molecule has 122 valence electrons. The summed E-state index contributed by atoms with van der Waals surface area (Å²) in [7, 11) is 0. The monoisotopic (exact) mass is 311 g/mol. The fraction of sp³-hybridized carbons (Fsp3) is 0.562. The highest BCUT2D eigenvalue weighted by Gasteiger charge is 2.24. The number of hydrogen-bond acceptors (Lipinski definition) is 2. The van der Waals surface area contributed by atoms with Crippen molar-refractivity contribution >= 4 is 11.6 Å². The Balaban J connectivity index is 1.91. The molecule has 1 aromatic carbocycles. The van der Waals surface area contributed by atoms with Crippen molar-refractivity contribution in [3.63, 3.8) is 0 Å². The summed E-state index contributed by atoms with van der Waals surface area (Å²) in [5.41, 5.74) is 5.75. The van der Waals surface area contributed by atoms with Crippen LogP contribution in [0.1, 0.15) is 26.7 Å². The molecule has 3 N–H and O–H groups in total. The van der Waals surface area contributed by atoms with E-state index in [1.807, 2.05) is 0 Å². The molecule has 22 heavy (non-hydrogen) atoms. The minimum absolute atomic E-state index is 0.00622. The second-order valence-corrected chi connectivity index (χ2v) is 6.02. The number of rotatable bonds is 4. The van der Waals surface area contributed by atoms with E-state index in [9.17, 15) is 8.78 Å². The van der Waals surface area contributed by atoms with Crippen LogP contribution in [0.15, 0.2) is 23.2 Å². The van der Waals surface area contributed by atoms with Crippen molar-refractivity contribution < 1.29 is 13.5 Å². The molecule has 0 bridgehead atoms. The highest BCUT2D eigenvalue weighted by Crippen LogP contribution is 2.25. The second kappa shape index (κ2) is 7.54. The zero-order chi connectivity index (χ0) is 16.1. The number of hydrogen-bond donors (Lipinski definition) is 2. The Hall–Kier alpha value is -1.69. The van der Waals surface area contributed by atoms with E-state index in [4.69, 9.17) is 10.5 Å². The third kappa shape index (κ3) is 4.66. The number of guanidine groups is 1. The lowest BCUT2D eigenvalue weighted by atomic mass is 9.90. The first-order chi connectivity index (χ1) is 10.5. The van der Waals surface area contributed by atoms with E-state index in [1.165, 1.54) is 0 Å². The highest BCUT2D eigenvalue weighted by molar-refractivity contribution is 5.92. The summed E-state index contributed by atoms with van der Waals surface area (Å²) >= 11 is 0. The van der Waals surface area contributed by atoms with Crippen LogP contribution in [0.3, 0.4) is 0 Å². The Bertz CT molecular complexity index is 534. The van der Waals surface area contributed by atoms with E-state index in [0.717, 1.165) is 37.6 Å². The van der Waals surface area contributed by atoms with E-state index >= 15 is 0 Å². The van der Waals surface area contributed by atoms with Gasteiger partial charge in [-0.25, -0.2) is 8.78 Å². The van der Waals surface area contributed by atoms with Gasteiger partial charge in [0.05, 0.1) is 11.8 Å². The molecule has 0 saturated carbocycles. The van der Waals surface area contributed by atoms with Crippen LogP contribution in [-0.4, -0.2) is 25.2 Å². The molecule has 1 aromatic rings. The summed E-state index contributed by atoms with van der Waals surface area (Å²) in [6.45, 7) is 5.56. The van der Waals surface area contributed by atoms with Crippen LogP contribution in [0.4, 0.5) is 14.5 Å². The lowest BCUT2D eigenvalue weighted by molar-refractivity contribution is -0.0320. The van der Waals surface area contributed by atoms with Crippen LogP contribution < -0.4 is 11.1 Å². The smallest absolute Gasteiger partial charge is 0.193 e. The number of ether oxygens (including phenoxy) is 1. The Morgan fingerprint density at radius 3 is 2.95 bits per heavy atom. The SMILES string of the molecule is CC(C)C1CC(CN=C(N)Nc2cc(F)ccc2F)CCO1. The number of nitrogens with zero attached hydrogens (tertiary/aromatic N) is 1. The summed E-state index contributed by atoms with van der Waals surface area (Å²) < 4.78 is 32.3. The zero-order valence-electron chi connectivity index (χ0n) is 13.0. The molecule has 4 nitrogen and oxygen atoms in total. The molecule has 2 atom stereocenters. The van der Waals surface area contributed by atoms with Gasteiger partial charge in [0, 0.05) is 19.2 Å². The molecular formula is C16H23F2N3O. The molecule has 1 saturated heterocycles. The molecule has 1 aliphatic heterocycles. The average molecular weight is 311 g/mol. The first-order valence-corrected chi connectivity index (χ1v) is 7.59. The van der Waals surface area contributed by atoms with E-state index in [0.29, 0.717) is 18.4 Å². The van der Waals surface area contributed by atoms with Crippen molar-refractivity contribution in [2.45, 2.75) is 32.8 Å². The predicted molar refractivity (Wildman–Crippen MR) is 83.8 cm³/mol. The average Bonchev–Trinajstić information content (AvgIpc) is 2.49. The van der Waals surface area contributed by atoms with Crippen molar-refractivity contribution in [1.29, 1.82) is 0 Å². The van der Waals surface area contributed by atoms with Crippen molar-refractivity contribution in [2.75, 3.05) is 18.5 Å². The van der Waals surface area contributed by atoms with Crippen LogP contribution in [0.25, 0.3) is 0 Å². The van der Waals surface area contributed by atoms with Crippen molar-refractivity contribution in [3.05, 3.63) is 29.8 Å². The summed E-state index contributed by atoms with van der Waals surface area (Å²) in [6, 6.07) is 3.17. The van der Waals surface area contributed by atoms with E-state index in [2.05, 4.69) is 24.2 Å². The van der Waals surface area contributed by atoms with E-state index in [-0.39, 0.29) is 17.8 Å². The van der Waals surface area contributed by atoms with Gasteiger partial charge < -0.3 is 15.8 Å². The highest BCUT2D eigenvalue weighted by atomic mass is 19.1. The summed E-state index contributed by atoms with van der Waals surface area (Å²) in [5, 5.41) is 2.61. The Labute approximate surface area is 129 Å². The standard InChI is InChI=1S/C16H23F2N3O/c1-10(2)15-7-11(5-6-22-15)9-20-16(19)21-14-8-12(17)3-4-13(14)18/h3-4,8,10-11,15H,5-7,9H2,1-2H3,(H3,19,20,21). The fourth-order valence-electron chi connectivity index (χ4n) is 2.53. The number of anilines is 1. The minimum Gasteiger partial charge on any atom is -0.378 e.